The number of nitrogen functional groups attached to an aromatic ring is 1. The Morgan fingerprint density at radius 2 is 1.10 bits per heavy atom. The van der Waals surface area contributed by atoms with Crippen molar-refractivity contribution in [3.63, 3.8) is 0 Å². The molecule has 0 saturated heterocycles. The van der Waals surface area contributed by atoms with Crippen LogP contribution in [0.25, 0.3) is 50.6 Å². The van der Waals surface area contributed by atoms with Gasteiger partial charge in [0.2, 0.25) is 0 Å². The van der Waals surface area contributed by atoms with E-state index in [-0.39, 0.29) is 32.5 Å². The van der Waals surface area contributed by atoms with Crippen molar-refractivity contribution in [3.8, 4) is 11.1 Å². The molecule has 0 saturated carbocycles. The Morgan fingerprint density at radius 3 is 1.53 bits per heavy atom. The van der Waals surface area contributed by atoms with E-state index in [1.54, 1.807) is 0 Å². The average molecular weight is 965 g/mol. The van der Waals surface area contributed by atoms with E-state index >= 15 is 0 Å². The molecule has 0 fully saturated rings. The molecule has 62 heavy (non-hydrogen) atoms. The number of aliphatic imine (C=N–C) groups is 1. The summed E-state index contributed by atoms with van der Waals surface area (Å²) in [6.45, 7) is 43.6. The molecule has 0 aliphatic carbocycles. The second-order valence-electron chi connectivity index (χ2n) is 24.3. The van der Waals surface area contributed by atoms with Crippen molar-refractivity contribution in [1.82, 2.24) is 18.8 Å². The Hall–Kier alpha value is -3.49. The van der Waals surface area contributed by atoms with E-state index < -0.39 is 0 Å². The van der Waals surface area contributed by atoms with Gasteiger partial charge in [0.15, 0.2) is 0 Å². The Morgan fingerprint density at radius 1 is 0.629 bits per heavy atom. The fourth-order valence-corrected chi connectivity index (χ4v) is 11.7. The highest BCUT2D eigenvalue weighted by Crippen LogP contribution is 2.51. The minimum Gasteiger partial charge on any atom is -0.398 e. The number of nitrogens with zero attached hydrogens (tertiary/aromatic N) is 5. The lowest BCUT2D eigenvalue weighted by Crippen LogP contribution is -2.24. The Labute approximate surface area is 388 Å². The maximum Gasteiger partial charge on any atom is 0.147 e. The predicted molar refractivity (Wildman–Crippen MR) is 276 cm³/mol. The lowest BCUT2D eigenvalue weighted by molar-refractivity contribution is 0.287. The minimum atomic E-state index is -0.228. The number of fused-ring (bicyclic) bond motifs is 8. The van der Waals surface area contributed by atoms with E-state index in [1.165, 1.54) is 28.1 Å². The van der Waals surface area contributed by atoms with E-state index in [2.05, 4.69) is 209 Å². The number of anilines is 1. The van der Waals surface area contributed by atoms with Gasteiger partial charge >= 0.3 is 0 Å². The molecule has 7 rings (SSSR count). The van der Waals surface area contributed by atoms with Gasteiger partial charge in [-0.15, -0.1) is 0 Å². The van der Waals surface area contributed by atoms with Crippen LogP contribution in [0.3, 0.4) is 0 Å². The van der Waals surface area contributed by atoms with Gasteiger partial charge in [0.05, 0.1) is 27.8 Å². The van der Waals surface area contributed by atoms with E-state index in [4.69, 9.17) is 20.7 Å². The van der Waals surface area contributed by atoms with Crippen LogP contribution in [-0.4, -0.2) is 24.5 Å². The van der Waals surface area contributed by atoms with Crippen molar-refractivity contribution < 1.29 is 0 Å². The van der Waals surface area contributed by atoms with E-state index in [1.807, 2.05) is 0 Å². The fourth-order valence-electron chi connectivity index (χ4n) is 9.46. The summed E-state index contributed by atoms with van der Waals surface area (Å²) in [5, 5.41) is 0. The molecule has 0 bridgehead atoms. The van der Waals surface area contributed by atoms with Crippen molar-refractivity contribution in [2.45, 2.75) is 172 Å². The zero-order valence-corrected chi connectivity index (χ0v) is 44.4. The normalized spacial score (nSPS) is 15.5. The molecule has 1 aliphatic rings. The van der Waals surface area contributed by atoms with Gasteiger partial charge in [-0.2, -0.15) is 0 Å². The van der Waals surface area contributed by atoms with Gasteiger partial charge in [-0.05, 0) is 109 Å². The van der Waals surface area contributed by atoms with Crippen LogP contribution in [-0.2, 0) is 28.1 Å². The number of benzene rings is 2. The van der Waals surface area contributed by atoms with Gasteiger partial charge in [0, 0.05) is 70.2 Å². The van der Waals surface area contributed by atoms with Crippen LogP contribution in [0.5, 0.6) is 0 Å². The quantitative estimate of drug-likeness (QED) is 0.191. The molecule has 6 nitrogen and oxygen atoms in total. The molecule has 2 aromatic carbocycles. The van der Waals surface area contributed by atoms with Gasteiger partial charge in [-0.25, -0.2) is 9.97 Å². The molecular formula is C54H72Br2N6. The van der Waals surface area contributed by atoms with Crippen LogP contribution in [0, 0.1) is 16.7 Å². The summed E-state index contributed by atoms with van der Waals surface area (Å²) in [7, 11) is 0. The number of hydrogen-bond donors (Lipinski definition) is 1. The van der Waals surface area contributed by atoms with Crippen LogP contribution in [0.4, 0.5) is 11.4 Å². The molecule has 0 radical (unpaired) electrons. The number of imidazole rings is 2. The molecule has 1 aliphatic heterocycles. The van der Waals surface area contributed by atoms with Crippen LogP contribution in [0.2, 0.25) is 0 Å². The molecule has 6 aromatic rings. The van der Waals surface area contributed by atoms with Crippen LogP contribution in [0.1, 0.15) is 178 Å². The van der Waals surface area contributed by atoms with E-state index in [0.29, 0.717) is 5.92 Å². The highest BCUT2D eigenvalue weighted by molar-refractivity contribution is 9.11. The average Bonchev–Trinajstić information content (AvgIpc) is 3.68. The number of halogens is 2. The van der Waals surface area contributed by atoms with Crippen LogP contribution < -0.4 is 5.73 Å². The summed E-state index contributed by atoms with van der Waals surface area (Å²) in [5.74, 6) is 0.375. The van der Waals surface area contributed by atoms with Crippen LogP contribution >= 0.6 is 31.9 Å². The topological polar surface area (TPSA) is 73.0 Å². The lowest BCUT2D eigenvalue weighted by Gasteiger charge is -2.29. The summed E-state index contributed by atoms with van der Waals surface area (Å²) in [6.07, 6.45) is 7.44. The fraction of sp³-hybridized carbons (Fsp3) is 0.537. The van der Waals surface area contributed by atoms with Crippen molar-refractivity contribution >= 4 is 88.4 Å². The number of pyridine rings is 2. The molecule has 1 atom stereocenters. The SMILES string of the molecule is CCC(/C=C\c1c(N)cc(C(C)(C)C)n2c1nc1c(-c3c(Br)c(C(C)(C)C)cc4c3nc3c5c(cc(C(C)(C)C)n34)N=C(C(C)(C)C)CC5)c(Br)c(C(C)(C)C)cc12)C(C)(C)C. The number of aromatic nitrogens is 4. The number of allylic oxidation sites excluding steroid dienone is 1. The molecule has 4 aromatic heterocycles. The van der Waals surface area contributed by atoms with Gasteiger partial charge in [0.25, 0.3) is 0 Å². The molecule has 332 valence electrons. The Bertz CT molecular complexity index is 2860. The zero-order valence-electron chi connectivity index (χ0n) is 41.2. The van der Waals surface area contributed by atoms with Crippen molar-refractivity contribution in [2.24, 2.45) is 21.7 Å². The summed E-state index contributed by atoms with van der Waals surface area (Å²) >= 11 is 8.63. The monoisotopic (exact) mass is 962 g/mol. The summed E-state index contributed by atoms with van der Waals surface area (Å²) in [4.78, 5) is 16.9. The summed E-state index contributed by atoms with van der Waals surface area (Å²) in [6, 6.07) is 9.29. The first-order valence-electron chi connectivity index (χ1n) is 22.7. The first-order valence-corrected chi connectivity index (χ1v) is 24.3. The second-order valence-corrected chi connectivity index (χ2v) is 25.9. The number of hydrogen-bond acceptors (Lipinski definition) is 4. The first-order chi connectivity index (χ1) is 28.3. The van der Waals surface area contributed by atoms with Crippen molar-refractivity contribution in [2.75, 3.05) is 5.73 Å². The smallest absolute Gasteiger partial charge is 0.147 e. The predicted octanol–water partition coefficient (Wildman–Crippen LogP) is 16.4. The molecule has 0 amide bonds. The van der Waals surface area contributed by atoms with Gasteiger partial charge < -0.3 is 5.73 Å². The first kappa shape index (κ1) is 46.5. The maximum atomic E-state index is 7.12. The molecular weight excluding hydrogens is 892 g/mol. The largest absolute Gasteiger partial charge is 0.398 e. The number of aryl methyl sites for hydroxylation is 1. The minimum absolute atomic E-state index is 0.00716. The summed E-state index contributed by atoms with van der Waals surface area (Å²) < 4.78 is 6.93. The Kier molecular flexibility index (Phi) is 11.3. The molecule has 5 heterocycles. The number of rotatable bonds is 4. The summed E-state index contributed by atoms with van der Waals surface area (Å²) in [5.41, 5.74) is 24.3. The maximum absolute atomic E-state index is 7.12. The van der Waals surface area contributed by atoms with Crippen molar-refractivity contribution in [3.05, 3.63) is 72.9 Å². The Balaban J connectivity index is 1.74. The van der Waals surface area contributed by atoms with E-state index in [9.17, 15) is 0 Å². The highest BCUT2D eigenvalue weighted by Gasteiger charge is 2.35. The molecule has 1 unspecified atom stereocenters. The van der Waals surface area contributed by atoms with Crippen LogP contribution in [0.15, 0.2) is 44.3 Å². The molecule has 0 spiro atoms. The van der Waals surface area contributed by atoms with Gasteiger partial charge in [0.1, 0.15) is 11.3 Å². The zero-order chi connectivity index (χ0) is 46.2. The van der Waals surface area contributed by atoms with Gasteiger partial charge in [-0.1, -0.05) is 144 Å². The number of nitrogens with two attached hydrogens (primary N) is 1. The highest BCUT2D eigenvalue weighted by atomic mass is 79.9. The third-order valence-electron chi connectivity index (χ3n) is 13.1. The molecule has 8 heteroatoms. The van der Waals surface area contributed by atoms with E-state index in [0.717, 1.165) is 95.3 Å². The third-order valence-corrected chi connectivity index (χ3v) is 14.8. The standard InChI is InChI=1S/C54H72Br2N6/c1-20-29(49(2,3)4)21-22-30-34(57)27-39(53(14,15)16)61-36-25-32(50(5,6)7)43(55)41(45(36)59-47(30)61)42-44(56)33(51(8,9)10)26-37-46(42)60-48-31-23-24-38(52(11,12)13)58-35(31)28-40(62(37)48)54(17,18)19/h21-22,25-29H,20,23-24,57H2,1-19H3/b22-21-. The van der Waals surface area contributed by atoms with Crippen molar-refractivity contribution in [1.29, 1.82) is 0 Å². The third kappa shape index (κ3) is 7.90. The second kappa shape index (κ2) is 15.0. The van der Waals surface area contributed by atoms with Gasteiger partial charge in [-0.3, -0.25) is 13.8 Å². The molecule has 2 N–H and O–H groups in total. The lowest BCUT2D eigenvalue weighted by atomic mass is 9.79.